The van der Waals surface area contributed by atoms with E-state index in [0.717, 1.165) is 11.1 Å². The molecular formula is C27H30O10. The van der Waals surface area contributed by atoms with Crippen LogP contribution in [-0.2, 0) is 28.7 Å². The van der Waals surface area contributed by atoms with Crippen molar-refractivity contribution < 1.29 is 48.3 Å². The first-order chi connectivity index (χ1) is 17.6. The summed E-state index contributed by atoms with van der Waals surface area (Å²) in [6, 6.07) is 14.5. The van der Waals surface area contributed by atoms with Gasteiger partial charge in [0.05, 0.1) is 19.3 Å². The summed E-state index contributed by atoms with van der Waals surface area (Å²) in [5, 5.41) is 18.6. The van der Waals surface area contributed by atoms with Crippen molar-refractivity contribution in [2.75, 3.05) is 26.4 Å². The molecule has 0 amide bonds. The molecule has 37 heavy (non-hydrogen) atoms. The SMILES string of the molecule is Cc1ccc(OCCOC(=O)CC(CC(=O)OCCOc2ccc(C)cc2)=C(CC(=O)O)C(=O)O)cc1. The second kappa shape index (κ2) is 14.9. The summed E-state index contributed by atoms with van der Waals surface area (Å²) in [4.78, 5) is 47.5. The third-order valence-corrected chi connectivity index (χ3v) is 5.00. The smallest absolute Gasteiger partial charge is 0.332 e. The highest BCUT2D eigenvalue weighted by Crippen LogP contribution is 2.19. The molecule has 198 valence electrons. The van der Waals surface area contributed by atoms with Gasteiger partial charge in [0, 0.05) is 5.57 Å². The number of carboxylic acid groups (broad SMARTS) is 2. The van der Waals surface area contributed by atoms with Crippen LogP contribution in [0.25, 0.3) is 0 Å². The number of carboxylic acids is 2. The summed E-state index contributed by atoms with van der Waals surface area (Å²) in [5.41, 5.74) is 1.34. The van der Waals surface area contributed by atoms with E-state index in [2.05, 4.69) is 0 Å². The Hall–Kier alpha value is -4.34. The van der Waals surface area contributed by atoms with E-state index in [-0.39, 0.29) is 32.0 Å². The van der Waals surface area contributed by atoms with Crippen LogP contribution in [0.5, 0.6) is 11.5 Å². The Kier molecular flexibility index (Phi) is 11.7. The van der Waals surface area contributed by atoms with Gasteiger partial charge in [0.1, 0.15) is 37.9 Å². The van der Waals surface area contributed by atoms with Gasteiger partial charge in [0.15, 0.2) is 0 Å². The third kappa shape index (κ3) is 11.3. The number of aryl methyl sites for hydroxylation is 2. The summed E-state index contributed by atoms with van der Waals surface area (Å²) in [5.74, 6) is -3.46. The maximum Gasteiger partial charge on any atom is 0.332 e. The first-order valence-corrected chi connectivity index (χ1v) is 11.5. The van der Waals surface area contributed by atoms with Crippen molar-refractivity contribution in [2.24, 2.45) is 0 Å². The van der Waals surface area contributed by atoms with Crippen molar-refractivity contribution in [1.82, 2.24) is 0 Å². The number of esters is 2. The molecule has 0 radical (unpaired) electrons. The molecule has 10 nitrogen and oxygen atoms in total. The number of hydrogen-bond donors (Lipinski definition) is 2. The number of hydrogen-bond acceptors (Lipinski definition) is 8. The van der Waals surface area contributed by atoms with Crippen LogP contribution in [0.15, 0.2) is 59.7 Å². The molecule has 0 heterocycles. The average Bonchev–Trinajstić information content (AvgIpc) is 2.84. The first kappa shape index (κ1) is 28.9. The maximum absolute atomic E-state index is 12.3. The molecule has 0 aliphatic rings. The van der Waals surface area contributed by atoms with Gasteiger partial charge >= 0.3 is 23.9 Å². The molecule has 0 fully saturated rings. The minimum atomic E-state index is -1.55. The molecule has 0 aliphatic carbocycles. The molecule has 2 N–H and O–H groups in total. The lowest BCUT2D eigenvalue weighted by atomic mass is 9.99. The van der Waals surface area contributed by atoms with E-state index in [1.54, 1.807) is 24.3 Å². The van der Waals surface area contributed by atoms with Crippen LogP contribution in [0, 0.1) is 13.8 Å². The molecule has 2 rings (SSSR count). The molecule has 0 aromatic heterocycles. The lowest BCUT2D eigenvalue weighted by Gasteiger charge is -2.13. The van der Waals surface area contributed by atoms with Gasteiger partial charge in [-0.05, 0) is 43.7 Å². The maximum atomic E-state index is 12.3. The van der Waals surface area contributed by atoms with Gasteiger partial charge in [-0.3, -0.25) is 14.4 Å². The van der Waals surface area contributed by atoms with E-state index >= 15 is 0 Å². The summed E-state index contributed by atoms with van der Waals surface area (Å²) < 4.78 is 21.1. The highest BCUT2D eigenvalue weighted by Gasteiger charge is 2.23. The number of rotatable bonds is 15. The van der Waals surface area contributed by atoms with Crippen LogP contribution in [0.3, 0.4) is 0 Å². The van der Waals surface area contributed by atoms with Crippen molar-refractivity contribution in [1.29, 1.82) is 0 Å². The van der Waals surface area contributed by atoms with E-state index < -0.39 is 48.7 Å². The molecular weight excluding hydrogens is 484 g/mol. The summed E-state index contributed by atoms with van der Waals surface area (Å²) >= 11 is 0. The fourth-order valence-electron chi connectivity index (χ4n) is 3.13. The Morgan fingerprint density at radius 1 is 0.622 bits per heavy atom. The van der Waals surface area contributed by atoms with Crippen molar-refractivity contribution in [3.8, 4) is 11.5 Å². The number of carbonyl (C=O) groups excluding carboxylic acids is 2. The summed E-state index contributed by atoms with van der Waals surface area (Å²) in [7, 11) is 0. The lowest BCUT2D eigenvalue weighted by molar-refractivity contribution is -0.145. The van der Waals surface area contributed by atoms with Crippen LogP contribution in [0.1, 0.15) is 30.4 Å². The van der Waals surface area contributed by atoms with Crippen molar-refractivity contribution in [3.05, 3.63) is 70.8 Å². The predicted molar refractivity (Wildman–Crippen MR) is 131 cm³/mol. The van der Waals surface area contributed by atoms with Crippen LogP contribution >= 0.6 is 0 Å². The Morgan fingerprint density at radius 2 is 1.03 bits per heavy atom. The van der Waals surface area contributed by atoms with E-state index in [0.29, 0.717) is 11.5 Å². The molecule has 0 unspecified atom stereocenters. The highest BCUT2D eigenvalue weighted by molar-refractivity contribution is 5.95. The lowest BCUT2D eigenvalue weighted by Crippen LogP contribution is -2.19. The highest BCUT2D eigenvalue weighted by atomic mass is 16.6. The fourth-order valence-corrected chi connectivity index (χ4v) is 3.13. The minimum Gasteiger partial charge on any atom is -0.490 e. The van der Waals surface area contributed by atoms with E-state index in [1.807, 2.05) is 38.1 Å². The van der Waals surface area contributed by atoms with Gasteiger partial charge < -0.3 is 29.2 Å². The molecule has 0 saturated carbocycles. The second-order valence-corrected chi connectivity index (χ2v) is 8.08. The van der Waals surface area contributed by atoms with E-state index in [1.165, 1.54) is 0 Å². The van der Waals surface area contributed by atoms with Crippen molar-refractivity contribution in [2.45, 2.75) is 33.1 Å². The molecule has 0 atom stereocenters. The Bertz CT molecular complexity index is 1030. The van der Waals surface area contributed by atoms with Crippen molar-refractivity contribution in [3.63, 3.8) is 0 Å². The Morgan fingerprint density at radius 3 is 1.38 bits per heavy atom. The third-order valence-electron chi connectivity index (χ3n) is 5.00. The van der Waals surface area contributed by atoms with Gasteiger partial charge in [-0.15, -0.1) is 0 Å². The molecule has 0 spiro atoms. The van der Waals surface area contributed by atoms with E-state index in [9.17, 15) is 24.3 Å². The van der Waals surface area contributed by atoms with E-state index in [4.69, 9.17) is 24.1 Å². The predicted octanol–water partition coefficient (Wildman–Crippen LogP) is 3.48. The number of carbonyl (C=O) groups is 4. The average molecular weight is 515 g/mol. The van der Waals surface area contributed by atoms with Crippen LogP contribution in [0.2, 0.25) is 0 Å². The largest absolute Gasteiger partial charge is 0.490 e. The van der Waals surface area contributed by atoms with Crippen LogP contribution in [0.4, 0.5) is 0 Å². The standard InChI is InChI=1S/C27H30O10/c1-18-3-7-21(8-4-18)34-11-13-36-25(30)15-20(23(27(32)33)17-24(28)29)16-26(31)37-14-12-35-22-9-5-19(2)6-10-22/h3-10H,11-17H2,1-2H3,(H,28,29)(H,32,33). The summed E-state index contributed by atoms with van der Waals surface area (Å²) in [6.07, 6.45) is -2.05. The van der Waals surface area contributed by atoms with Gasteiger partial charge in [-0.25, -0.2) is 4.79 Å². The number of aliphatic carboxylic acids is 2. The molecule has 10 heteroatoms. The molecule has 2 aromatic carbocycles. The minimum absolute atomic E-state index is 0.0534. The molecule has 0 saturated heterocycles. The molecule has 0 aliphatic heterocycles. The van der Waals surface area contributed by atoms with Crippen LogP contribution in [-0.4, -0.2) is 60.5 Å². The normalized spacial score (nSPS) is 10.2. The Labute approximate surface area is 214 Å². The Balaban J connectivity index is 1.91. The molecule has 2 aromatic rings. The zero-order chi connectivity index (χ0) is 27.2. The van der Waals surface area contributed by atoms with Gasteiger partial charge in [-0.1, -0.05) is 35.4 Å². The zero-order valence-corrected chi connectivity index (χ0v) is 20.7. The summed E-state index contributed by atoms with van der Waals surface area (Å²) in [6.45, 7) is 3.72. The number of ether oxygens (including phenoxy) is 4. The zero-order valence-electron chi connectivity index (χ0n) is 20.7. The first-order valence-electron chi connectivity index (χ1n) is 11.5. The topological polar surface area (TPSA) is 146 Å². The monoisotopic (exact) mass is 514 g/mol. The quantitative estimate of drug-likeness (QED) is 0.206. The molecule has 0 bridgehead atoms. The fraction of sp³-hybridized carbons (Fsp3) is 0.333. The van der Waals surface area contributed by atoms with Gasteiger partial charge in [0.25, 0.3) is 0 Å². The van der Waals surface area contributed by atoms with Crippen molar-refractivity contribution >= 4 is 23.9 Å². The van der Waals surface area contributed by atoms with Crippen LogP contribution < -0.4 is 9.47 Å². The van der Waals surface area contributed by atoms with Gasteiger partial charge in [-0.2, -0.15) is 0 Å². The number of benzene rings is 2. The second-order valence-electron chi connectivity index (χ2n) is 8.08. The van der Waals surface area contributed by atoms with Gasteiger partial charge in [0.2, 0.25) is 0 Å².